The maximum Gasteiger partial charge on any atom is 0.0613 e. The number of allylic oxidation sites excluding steroid dienone is 1. The minimum atomic E-state index is 0.789. The van der Waals surface area contributed by atoms with Crippen LogP contribution in [0.5, 0.6) is 0 Å². The standard InChI is InChI=1S/C21H20N2/c1-23(22-16-8-11-18-9-3-2-4-10-18)17-20-14-7-13-19-12-5-6-15-21(19)20/h2-16H,17H2,1H3/b11-8+,22-16-. The third-order valence-electron chi connectivity index (χ3n) is 3.72. The Morgan fingerprint density at radius 1 is 0.870 bits per heavy atom. The third kappa shape index (κ3) is 4.07. The molecule has 0 aliphatic rings. The summed E-state index contributed by atoms with van der Waals surface area (Å²) in [5.41, 5.74) is 2.46. The zero-order chi connectivity index (χ0) is 15.9. The van der Waals surface area contributed by atoms with Gasteiger partial charge in [0.05, 0.1) is 6.54 Å². The molecule has 0 heterocycles. The van der Waals surface area contributed by atoms with Crippen molar-refractivity contribution in [1.29, 1.82) is 0 Å². The molecule has 0 atom stereocenters. The lowest BCUT2D eigenvalue weighted by Gasteiger charge is -2.14. The van der Waals surface area contributed by atoms with E-state index in [-0.39, 0.29) is 0 Å². The van der Waals surface area contributed by atoms with Crippen LogP contribution in [0.4, 0.5) is 0 Å². The average Bonchev–Trinajstić information content (AvgIpc) is 2.60. The predicted molar refractivity (Wildman–Crippen MR) is 99.4 cm³/mol. The molecule has 0 saturated heterocycles. The van der Waals surface area contributed by atoms with Gasteiger partial charge in [0.25, 0.3) is 0 Å². The van der Waals surface area contributed by atoms with Gasteiger partial charge in [0.15, 0.2) is 0 Å². The third-order valence-corrected chi connectivity index (χ3v) is 3.72. The van der Waals surface area contributed by atoms with Crippen molar-refractivity contribution >= 4 is 23.1 Å². The van der Waals surface area contributed by atoms with Crippen molar-refractivity contribution < 1.29 is 0 Å². The fraction of sp³-hybridized carbons (Fsp3) is 0.0952. The molecule has 0 aromatic heterocycles. The maximum atomic E-state index is 4.46. The van der Waals surface area contributed by atoms with Crippen molar-refractivity contribution in [3.05, 3.63) is 90.0 Å². The minimum absolute atomic E-state index is 0.789. The van der Waals surface area contributed by atoms with Gasteiger partial charge in [0.1, 0.15) is 0 Å². The number of hydrogen-bond donors (Lipinski definition) is 0. The second-order valence-electron chi connectivity index (χ2n) is 5.49. The first-order valence-electron chi connectivity index (χ1n) is 7.76. The Morgan fingerprint density at radius 3 is 2.48 bits per heavy atom. The van der Waals surface area contributed by atoms with Crippen LogP contribution in [0.25, 0.3) is 16.8 Å². The van der Waals surface area contributed by atoms with Crippen LogP contribution in [0, 0.1) is 0 Å². The van der Waals surface area contributed by atoms with Gasteiger partial charge in [-0.25, -0.2) is 0 Å². The van der Waals surface area contributed by atoms with E-state index in [4.69, 9.17) is 0 Å². The Morgan fingerprint density at radius 2 is 1.61 bits per heavy atom. The number of hydrogen-bond acceptors (Lipinski definition) is 2. The molecule has 3 aromatic carbocycles. The van der Waals surface area contributed by atoms with Crippen LogP contribution >= 0.6 is 0 Å². The van der Waals surface area contributed by atoms with E-state index in [9.17, 15) is 0 Å². The molecule has 3 aromatic rings. The van der Waals surface area contributed by atoms with Gasteiger partial charge in [0.2, 0.25) is 0 Å². The molecular formula is C21H20N2. The van der Waals surface area contributed by atoms with Crippen molar-refractivity contribution in [2.75, 3.05) is 7.05 Å². The van der Waals surface area contributed by atoms with E-state index in [0.29, 0.717) is 0 Å². The molecule has 3 rings (SSSR count). The van der Waals surface area contributed by atoms with Crippen molar-refractivity contribution in [1.82, 2.24) is 5.01 Å². The first kappa shape index (κ1) is 15.0. The van der Waals surface area contributed by atoms with E-state index in [1.54, 1.807) is 0 Å². The number of nitrogens with zero attached hydrogens (tertiary/aromatic N) is 2. The number of hydrazone groups is 1. The van der Waals surface area contributed by atoms with E-state index < -0.39 is 0 Å². The summed E-state index contributed by atoms with van der Waals surface area (Å²) < 4.78 is 0. The van der Waals surface area contributed by atoms with Gasteiger partial charge >= 0.3 is 0 Å². The second kappa shape index (κ2) is 7.41. The van der Waals surface area contributed by atoms with E-state index in [0.717, 1.165) is 6.54 Å². The zero-order valence-corrected chi connectivity index (χ0v) is 13.3. The zero-order valence-electron chi connectivity index (χ0n) is 13.3. The molecule has 23 heavy (non-hydrogen) atoms. The van der Waals surface area contributed by atoms with Gasteiger partial charge in [-0.15, -0.1) is 0 Å². The lowest BCUT2D eigenvalue weighted by molar-refractivity contribution is 0.350. The fourth-order valence-electron chi connectivity index (χ4n) is 2.59. The SMILES string of the molecule is CN(Cc1cccc2ccccc12)/N=C\C=C\c1ccccc1. The van der Waals surface area contributed by atoms with E-state index >= 15 is 0 Å². The Kier molecular flexibility index (Phi) is 4.85. The summed E-state index contributed by atoms with van der Waals surface area (Å²) in [7, 11) is 1.99. The Hall–Kier alpha value is -2.87. The van der Waals surface area contributed by atoms with Gasteiger partial charge in [-0.3, -0.25) is 5.01 Å². The van der Waals surface area contributed by atoms with Crippen molar-refractivity contribution in [3.8, 4) is 0 Å². The monoisotopic (exact) mass is 300 g/mol. The van der Waals surface area contributed by atoms with Gasteiger partial charge in [0, 0.05) is 13.3 Å². The molecule has 0 N–H and O–H groups in total. The molecular weight excluding hydrogens is 280 g/mol. The molecule has 114 valence electrons. The first-order valence-corrected chi connectivity index (χ1v) is 7.76. The van der Waals surface area contributed by atoms with Gasteiger partial charge in [-0.2, -0.15) is 5.10 Å². The molecule has 0 bridgehead atoms. The molecule has 0 spiro atoms. The molecule has 2 heteroatoms. The molecule has 2 nitrogen and oxygen atoms in total. The molecule has 0 radical (unpaired) electrons. The highest BCUT2D eigenvalue weighted by Gasteiger charge is 2.01. The first-order chi connectivity index (χ1) is 11.3. The summed E-state index contributed by atoms with van der Waals surface area (Å²) in [4.78, 5) is 0. The van der Waals surface area contributed by atoms with Crippen LogP contribution in [0.2, 0.25) is 0 Å². The molecule has 0 amide bonds. The lowest BCUT2D eigenvalue weighted by Crippen LogP contribution is -2.10. The molecule has 0 aliphatic carbocycles. The Labute approximate surface area is 137 Å². The lowest BCUT2D eigenvalue weighted by atomic mass is 10.0. The van der Waals surface area contributed by atoms with E-state index in [2.05, 4.69) is 65.8 Å². The second-order valence-corrected chi connectivity index (χ2v) is 5.49. The smallest absolute Gasteiger partial charge is 0.0613 e. The number of fused-ring (bicyclic) bond motifs is 1. The topological polar surface area (TPSA) is 15.6 Å². The highest BCUT2D eigenvalue weighted by Crippen LogP contribution is 2.19. The van der Waals surface area contributed by atoms with Crippen LogP contribution in [0.15, 0.2) is 84.0 Å². The van der Waals surface area contributed by atoms with Crippen molar-refractivity contribution in [2.45, 2.75) is 6.54 Å². The van der Waals surface area contributed by atoms with Crippen LogP contribution in [0.3, 0.4) is 0 Å². The summed E-state index contributed by atoms with van der Waals surface area (Å²) in [6.45, 7) is 0.789. The highest BCUT2D eigenvalue weighted by molar-refractivity contribution is 5.85. The summed E-state index contributed by atoms with van der Waals surface area (Å²) in [5, 5.41) is 8.98. The Balaban J connectivity index is 1.66. The Bertz CT molecular complexity index is 814. The summed E-state index contributed by atoms with van der Waals surface area (Å²) in [5.74, 6) is 0. The summed E-state index contributed by atoms with van der Waals surface area (Å²) in [6, 6.07) is 25.1. The number of benzene rings is 3. The highest BCUT2D eigenvalue weighted by atomic mass is 15.4. The molecule has 0 saturated carbocycles. The largest absolute Gasteiger partial charge is 0.296 e. The fourth-order valence-corrected chi connectivity index (χ4v) is 2.59. The minimum Gasteiger partial charge on any atom is -0.296 e. The maximum absolute atomic E-state index is 4.46. The van der Waals surface area contributed by atoms with Crippen molar-refractivity contribution in [3.63, 3.8) is 0 Å². The molecule has 0 aliphatic heterocycles. The van der Waals surface area contributed by atoms with E-state index in [1.807, 2.05) is 42.5 Å². The quantitative estimate of drug-likeness (QED) is 0.480. The molecule has 0 unspecified atom stereocenters. The van der Waals surface area contributed by atoms with Crippen molar-refractivity contribution in [2.24, 2.45) is 5.10 Å². The van der Waals surface area contributed by atoms with E-state index in [1.165, 1.54) is 21.9 Å². The summed E-state index contributed by atoms with van der Waals surface area (Å²) >= 11 is 0. The van der Waals surface area contributed by atoms with Gasteiger partial charge in [-0.1, -0.05) is 78.9 Å². The van der Waals surface area contributed by atoms with Crippen LogP contribution in [-0.2, 0) is 6.54 Å². The normalized spacial score (nSPS) is 11.5. The number of rotatable bonds is 5. The van der Waals surface area contributed by atoms with Crippen LogP contribution in [-0.4, -0.2) is 18.3 Å². The predicted octanol–water partition coefficient (Wildman–Crippen LogP) is 4.97. The van der Waals surface area contributed by atoms with Crippen LogP contribution in [0.1, 0.15) is 11.1 Å². The summed E-state index contributed by atoms with van der Waals surface area (Å²) in [6.07, 6.45) is 5.85. The van der Waals surface area contributed by atoms with Gasteiger partial charge in [-0.05, 0) is 28.0 Å². The molecule has 0 fully saturated rings. The van der Waals surface area contributed by atoms with Gasteiger partial charge < -0.3 is 0 Å². The average molecular weight is 300 g/mol. The van der Waals surface area contributed by atoms with Crippen LogP contribution < -0.4 is 0 Å².